The van der Waals surface area contributed by atoms with Crippen molar-refractivity contribution in [2.24, 2.45) is 0 Å². The number of nitrogens with one attached hydrogen (secondary N) is 1. The quantitative estimate of drug-likeness (QED) is 0.866. The average Bonchev–Trinajstić information content (AvgIpc) is 2.28. The van der Waals surface area contributed by atoms with Gasteiger partial charge in [-0.15, -0.1) is 0 Å². The summed E-state index contributed by atoms with van der Waals surface area (Å²) >= 11 is 3.23. The number of carbonyl (C=O) groups excluding carboxylic acids is 1. The van der Waals surface area contributed by atoms with Crippen LogP contribution in [0.25, 0.3) is 0 Å². The van der Waals surface area contributed by atoms with Crippen molar-refractivity contribution in [1.29, 1.82) is 0 Å². The molecule has 1 unspecified atom stereocenters. The minimum absolute atomic E-state index is 0.161. The van der Waals surface area contributed by atoms with Gasteiger partial charge in [-0.05, 0) is 19.1 Å². The monoisotopic (exact) mass is 287 g/mol. The van der Waals surface area contributed by atoms with E-state index in [2.05, 4.69) is 21.2 Å². The van der Waals surface area contributed by atoms with E-state index in [9.17, 15) is 4.79 Å². The van der Waals surface area contributed by atoms with Gasteiger partial charge in [0.15, 0.2) is 0 Å². The second kappa shape index (κ2) is 6.37. The first-order valence-electron chi connectivity index (χ1n) is 4.83. The van der Waals surface area contributed by atoms with Gasteiger partial charge in [-0.3, -0.25) is 5.32 Å². The molecule has 5 heteroatoms. The Morgan fingerprint density at radius 3 is 2.94 bits per heavy atom. The van der Waals surface area contributed by atoms with Crippen molar-refractivity contribution in [3.8, 4) is 5.75 Å². The van der Waals surface area contributed by atoms with Crippen LogP contribution in [0.3, 0.4) is 0 Å². The smallest absolute Gasteiger partial charge is 0.411 e. The first-order valence-corrected chi connectivity index (χ1v) is 5.95. The maximum absolute atomic E-state index is 11.4. The van der Waals surface area contributed by atoms with Crippen LogP contribution in [0.4, 0.5) is 10.5 Å². The van der Waals surface area contributed by atoms with Crippen LogP contribution < -0.4 is 10.1 Å². The van der Waals surface area contributed by atoms with E-state index in [4.69, 9.17) is 9.47 Å². The summed E-state index contributed by atoms with van der Waals surface area (Å²) in [5.74, 6) is 0.686. The predicted octanol–water partition coefficient (Wildman–Crippen LogP) is 3.03. The van der Waals surface area contributed by atoms with E-state index in [1.54, 1.807) is 38.3 Å². The SMILES string of the molecule is COc1cccc(NC(=O)OC(C)CBr)c1. The summed E-state index contributed by atoms with van der Waals surface area (Å²) < 4.78 is 10.1. The van der Waals surface area contributed by atoms with Crippen LogP contribution in [0.1, 0.15) is 6.92 Å². The molecule has 1 N–H and O–H groups in total. The third-order valence-corrected chi connectivity index (χ3v) is 2.75. The van der Waals surface area contributed by atoms with E-state index < -0.39 is 6.09 Å². The molecule has 4 nitrogen and oxygen atoms in total. The molecule has 1 amide bonds. The normalized spacial score (nSPS) is 11.7. The fourth-order valence-electron chi connectivity index (χ4n) is 1.06. The maximum atomic E-state index is 11.4. The molecule has 0 aliphatic carbocycles. The van der Waals surface area contributed by atoms with Crippen molar-refractivity contribution in [3.63, 3.8) is 0 Å². The summed E-state index contributed by atoms with van der Waals surface area (Å²) in [5.41, 5.74) is 0.645. The number of benzene rings is 1. The molecule has 1 aromatic rings. The molecule has 0 aliphatic heterocycles. The molecule has 1 rings (SSSR count). The zero-order chi connectivity index (χ0) is 12.0. The minimum atomic E-state index is -0.472. The Morgan fingerprint density at radius 1 is 1.56 bits per heavy atom. The molecule has 1 aromatic carbocycles. The number of hydrogen-bond donors (Lipinski definition) is 1. The molecule has 0 heterocycles. The average molecular weight is 288 g/mol. The van der Waals surface area contributed by atoms with Gasteiger partial charge in [-0.25, -0.2) is 4.79 Å². The summed E-state index contributed by atoms with van der Waals surface area (Å²) in [6.07, 6.45) is -0.634. The third-order valence-electron chi connectivity index (χ3n) is 1.84. The number of rotatable bonds is 4. The molecule has 0 saturated carbocycles. The molecule has 0 saturated heterocycles. The van der Waals surface area contributed by atoms with Crippen LogP contribution >= 0.6 is 15.9 Å². The van der Waals surface area contributed by atoms with E-state index in [1.165, 1.54) is 0 Å². The van der Waals surface area contributed by atoms with Gasteiger partial charge in [0.05, 0.1) is 7.11 Å². The lowest BCUT2D eigenvalue weighted by Crippen LogP contribution is -2.20. The van der Waals surface area contributed by atoms with Gasteiger partial charge in [-0.1, -0.05) is 22.0 Å². The lowest BCUT2D eigenvalue weighted by Gasteiger charge is -2.11. The summed E-state index contributed by atoms with van der Waals surface area (Å²) in [7, 11) is 1.57. The van der Waals surface area contributed by atoms with Gasteiger partial charge in [0.25, 0.3) is 0 Å². The van der Waals surface area contributed by atoms with E-state index >= 15 is 0 Å². The highest BCUT2D eigenvalue weighted by atomic mass is 79.9. The highest BCUT2D eigenvalue weighted by molar-refractivity contribution is 9.09. The van der Waals surface area contributed by atoms with Gasteiger partial charge >= 0.3 is 6.09 Å². The summed E-state index contributed by atoms with van der Waals surface area (Å²) in [4.78, 5) is 11.4. The number of hydrogen-bond acceptors (Lipinski definition) is 3. The van der Waals surface area contributed by atoms with Gasteiger partial charge < -0.3 is 9.47 Å². The molecule has 0 bridgehead atoms. The molecular formula is C11H14BrNO3. The zero-order valence-corrected chi connectivity index (χ0v) is 10.8. The maximum Gasteiger partial charge on any atom is 0.411 e. The topological polar surface area (TPSA) is 47.6 Å². The number of ether oxygens (including phenoxy) is 2. The van der Waals surface area contributed by atoms with Crippen molar-refractivity contribution in [3.05, 3.63) is 24.3 Å². The van der Waals surface area contributed by atoms with E-state index in [1.807, 2.05) is 0 Å². The predicted molar refractivity (Wildman–Crippen MR) is 66.4 cm³/mol. The Bertz CT molecular complexity index is 357. The molecule has 0 spiro atoms. The summed E-state index contributed by atoms with van der Waals surface area (Å²) in [5, 5.41) is 3.23. The number of halogens is 1. The largest absolute Gasteiger partial charge is 0.497 e. The first-order chi connectivity index (χ1) is 7.65. The number of methoxy groups -OCH3 is 1. The highest BCUT2D eigenvalue weighted by Crippen LogP contribution is 2.16. The molecule has 16 heavy (non-hydrogen) atoms. The third kappa shape index (κ3) is 4.10. The van der Waals surface area contributed by atoms with Gasteiger partial charge in [0, 0.05) is 17.1 Å². The lowest BCUT2D eigenvalue weighted by atomic mass is 10.3. The molecular weight excluding hydrogens is 274 g/mol. The first kappa shape index (κ1) is 12.8. The lowest BCUT2D eigenvalue weighted by molar-refractivity contribution is 0.132. The van der Waals surface area contributed by atoms with Crippen LogP contribution in [0, 0.1) is 0 Å². The molecule has 88 valence electrons. The van der Waals surface area contributed by atoms with Gasteiger partial charge in [-0.2, -0.15) is 0 Å². The molecule has 0 fully saturated rings. The van der Waals surface area contributed by atoms with Crippen LogP contribution in [0.2, 0.25) is 0 Å². The standard InChI is InChI=1S/C11H14BrNO3/c1-8(7-12)16-11(14)13-9-4-3-5-10(6-9)15-2/h3-6,8H,7H2,1-2H3,(H,13,14). The molecule has 0 aromatic heterocycles. The minimum Gasteiger partial charge on any atom is -0.497 e. The Balaban J connectivity index is 2.55. The fourth-order valence-corrected chi connectivity index (χ4v) is 1.19. The van der Waals surface area contributed by atoms with E-state index in [0.717, 1.165) is 0 Å². The second-order valence-corrected chi connectivity index (χ2v) is 3.87. The summed E-state index contributed by atoms with van der Waals surface area (Å²) in [6, 6.07) is 7.09. The zero-order valence-electron chi connectivity index (χ0n) is 9.20. The second-order valence-electron chi connectivity index (χ2n) is 3.23. The van der Waals surface area contributed by atoms with Crippen molar-refractivity contribution in [1.82, 2.24) is 0 Å². The van der Waals surface area contributed by atoms with Crippen molar-refractivity contribution in [2.45, 2.75) is 13.0 Å². The Labute approximate surface area is 103 Å². The van der Waals surface area contributed by atoms with Crippen LogP contribution in [0.5, 0.6) is 5.75 Å². The van der Waals surface area contributed by atoms with E-state index in [0.29, 0.717) is 16.8 Å². The van der Waals surface area contributed by atoms with Gasteiger partial charge in [0.2, 0.25) is 0 Å². The van der Waals surface area contributed by atoms with Crippen LogP contribution in [0.15, 0.2) is 24.3 Å². The van der Waals surface area contributed by atoms with Crippen molar-refractivity contribution >= 4 is 27.7 Å². The Kier molecular flexibility index (Phi) is 5.11. The van der Waals surface area contributed by atoms with Crippen LogP contribution in [-0.4, -0.2) is 24.6 Å². The van der Waals surface area contributed by atoms with Crippen molar-refractivity contribution < 1.29 is 14.3 Å². The number of amides is 1. The fraction of sp³-hybridized carbons (Fsp3) is 0.364. The molecule has 0 aliphatic rings. The molecule has 0 radical (unpaired) electrons. The van der Waals surface area contributed by atoms with E-state index in [-0.39, 0.29) is 6.10 Å². The number of carbonyl (C=O) groups is 1. The number of anilines is 1. The Hall–Kier alpha value is -1.23. The van der Waals surface area contributed by atoms with Crippen molar-refractivity contribution in [2.75, 3.05) is 17.8 Å². The number of alkyl halides is 1. The molecule has 1 atom stereocenters. The highest BCUT2D eigenvalue weighted by Gasteiger charge is 2.08. The van der Waals surface area contributed by atoms with Crippen LogP contribution in [-0.2, 0) is 4.74 Å². The summed E-state index contributed by atoms with van der Waals surface area (Å²) in [6.45, 7) is 1.81. The Morgan fingerprint density at radius 2 is 2.31 bits per heavy atom. The van der Waals surface area contributed by atoms with Gasteiger partial charge in [0.1, 0.15) is 11.9 Å².